The summed E-state index contributed by atoms with van der Waals surface area (Å²) in [5, 5.41) is 5.53. The first kappa shape index (κ1) is 12.0. The molecule has 0 bridgehead atoms. The first-order valence-corrected chi connectivity index (χ1v) is 6.89. The third-order valence-electron chi connectivity index (χ3n) is 3.77. The lowest BCUT2D eigenvalue weighted by atomic mass is 10.1. The fourth-order valence-corrected chi connectivity index (χ4v) is 2.99. The van der Waals surface area contributed by atoms with Crippen molar-refractivity contribution in [2.75, 3.05) is 0 Å². The van der Waals surface area contributed by atoms with Crippen molar-refractivity contribution in [2.24, 2.45) is 0 Å². The maximum Gasteiger partial charge on any atom is 0.127 e. The molecule has 90 valence electrons. The molecule has 16 heavy (non-hydrogen) atoms. The van der Waals surface area contributed by atoms with Crippen molar-refractivity contribution in [2.45, 2.75) is 64.3 Å². The Hall–Kier alpha value is -0.500. The molecular formula is C13H21ClN2. The maximum absolute atomic E-state index is 6.28. The molecule has 0 saturated heterocycles. The van der Waals surface area contributed by atoms with Gasteiger partial charge < -0.3 is 0 Å². The van der Waals surface area contributed by atoms with Crippen LogP contribution in [0.4, 0.5) is 0 Å². The third kappa shape index (κ3) is 2.27. The van der Waals surface area contributed by atoms with Gasteiger partial charge in [0.25, 0.3) is 0 Å². The molecule has 0 atom stereocenters. The summed E-state index contributed by atoms with van der Waals surface area (Å²) in [6.07, 6.45) is 7.47. The van der Waals surface area contributed by atoms with Crippen LogP contribution in [0.25, 0.3) is 0 Å². The van der Waals surface area contributed by atoms with Crippen molar-refractivity contribution in [1.82, 2.24) is 9.78 Å². The van der Waals surface area contributed by atoms with E-state index in [0.29, 0.717) is 12.0 Å². The van der Waals surface area contributed by atoms with E-state index in [9.17, 15) is 0 Å². The predicted molar refractivity (Wildman–Crippen MR) is 68.1 cm³/mol. The molecule has 1 aromatic heterocycles. The van der Waals surface area contributed by atoms with E-state index in [-0.39, 0.29) is 0 Å². The van der Waals surface area contributed by atoms with Crippen LogP contribution in [-0.4, -0.2) is 9.78 Å². The highest BCUT2D eigenvalue weighted by Crippen LogP contribution is 2.35. The molecular weight excluding hydrogens is 220 g/mol. The van der Waals surface area contributed by atoms with E-state index >= 15 is 0 Å². The van der Waals surface area contributed by atoms with Gasteiger partial charge in [-0.1, -0.05) is 38.3 Å². The van der Waals surface area contributed by atoms with E-state index in [4.69, 9.17) is 16.7 Å². The average Bonchev–Trinajstić information content (AvgIpc) is 2.90. The zero-order valence-electron chi connectivity index (χ0n) is 10.2. The lowest BCUT2D eigenvalue weighted by Gasteiger charge is -2.14. The molecule has 0 amide bonds. The van der Waals surface area contributed by atoms with Gasteiger partial charge in [-0.05, 0) is 31.7 Å². The lowest BCUT2D eigenvalue weighted by molar-refractivity contribution is 0.423. The zero-order valence-corrected chi connectivity index (χ0v) is 11.0. The number of rotatable bonds is 4. The summed E-state index contributed by atoms with van der Waals surface area (Å²) >= 11 is 6.28. The Balaban J connectivity index is 2.20. The highest BCUT2D eigenvalue weighted by atomic mass is 35.5. The maximum atomic E-state index is 6.28. The van der Waals surface area contributed by atoms with Gasteiger partial charge in [-0.25, -0.2) is 0 Å². The second-order valence-corrected chi connectivity index (χ2v) is 5.18. The van der Waals surface area contributed by atoms with E-state index in [1.165, 1.54) is 31.4 Å². The van der Waals surface area contributed by atoms with Gasteiger partial charge in [0.15, 0.2) is 0 Å². The Morgan fingerprint density at radius 2 is 2.00 bits per heavy atom. The second-order valence-electron chi connectivity index (χ2n) is 4.79. The molecule has 0 N–H and O–H groups in total. The van der Waals surface area contributed by atoms with Crippen molar-refractivity contribution in [1.29, 1.82) is 0 Å². The minimum Gasteiger partial charge on any atom is -0.251 e. The van der Waals surface area contributed by atoms with Crippen LogP contribution in [0, 0.1) is 0 Å². The molecule has 3 heteroatoms. The van der Waals surface area contributed by atoms with Gasteiger partial charge in [-0.2, -0.15) is 5.10 Å². The van der Waals surface area contributed by atoms with E-state index in [2.05, 4.69) is 19.9 Å². The Morgan fingerprint density at radius 1 is 1.38 bits per heavy atom. The summed E-state index contributed by atoms with van der Waals surface area (Å²) in [7, 11) is 0. The van der Waals surface area contributed by atoms with Crippen LogP contribution in [-0.2, 0) is 0 Å². The Bertz CT molecular complexity index is 336. The largest absolute Gasteiger partial charge is 0.251 e. The Morgan fingerprint density at radius 3 is 2.56 bits per heavy atom. The van der Waals surface area contributed by atoms with Crippen LogP contribution >= 0.6 is 11.6 Å². The van der Waals surface area contributed by atoms with Gasteiger partial charge >= 0.3 is 0 Å². The van der Waals surface area contributed by atoms with Crippen LogP contribution in [0.1, 0.15) is 70.0 Å². The van der Waals surface area contributed by atoms with Crippen LogP contribution in [0.15, 0.2) is 6.07 Å². The summed E-state index contributed by atoms with van der Waals surface area (Å²) in [4.78, 5) is 0. The third-order valence-corrected chi connectivity index (χ3v) is 4.05. The highest BCUT2D eigenvalue weighted by molar-refractivity contribution is 6.29. The van der Waals surface area contributed by atoms with Gasteiger partial charge in [-0.15, -0.1) is 0 Å². The molecule has 0 unspecified atom stereocenters. The van der Waals surface area contributed by atoms with E-state index in [1.54, 1.807) is 0 Å². The molecule has 1 saturated carbocycles. The molecule has 0 radical (unpaired) electrons. The monoisotopic (exact) mass is 240 g/mol. The minimum atomic E-state index is 0.461. The molecule has 0 spiro atoms. The Kier molecular flexibility index (Phi) is 3.91. The molecule has 0 aliphatic heterocycles. The van der Waals surface area contributed by atoms with E-state index in [1.807, 2.05) is 4.68 Å². The second kappa shape index (κ2) is 5.22. The zero-order chi connectivity index (χ0) is 11.5. The average molecular weight is 241 g/mol. The number of nitrogens with zero attached hydrogens (tertiary/aromatic N) is 2. The molecule has 1 aliphatic carbocycles. The lowest BCUT2D eigenvalue weighted by Crippen LogP contribution is -2.09. The van der Waals surface area contributed by atoms with Gasteiger partial charge in [0.2, 0.25) is 0 Å². The predicted octanol–water partition coefficient (Wildman–Crippen LogP) is 4.56. The van der Waals surface area contributed by atoms with Crippen LogP contribution in [0.5, 0.6) is 0 Å². The Labute approximate surface area is 103 Å². The fraction of sp³-hybridized carbons (Fsp3) is 0.769. The quantitative estimate of drug-likeness (QED) is 0.755. The highest BCUT2D eigenvalue weighted by Gasteiger charge is 2.22. The number of aromatic nitrogens is 2. The SMILES string of the molecule is CCC(CC)n1nc(C2CCCC2)cc1Cl. The normalized spacial score (nSPS) is 17.5. The molecule has 1 aromatic rings. The van der Waals surface area contributed by atoms with Crippen molar-refractivity contribution in [3.63, 3.8) is 0 Å². The van der Waals surface area contributed by atoms with Crippen LogP contribution < -0.4 is 0 Å². The number of hydrogen-bond acceptors (Lipinski definition) is 1. The van der Waals surface area contributed by atoms with E-state index in [0.717, 1.165) is 18.0 Å². The van der Waals surface area contributed by atoms with Crippen LogP contribution in [0.3, 0.4) is 0 Å². The fourth-order valence-electron chi connectivity index (χ4n) is 2.70. The molecule has 1 aliphatic rings. The first-order chi connectivity index (χ1) is 7.76. The molecule has 1 fully saturated rings. The van der Waals surface area contributed by atoms with Crippen molar-refractivity contribution >= 4 is 11.6 Å². The smallest absolute Gasteiger partial charge is 0.127 e. The van der Waals surface area contributed by atoms with Crippen LogP contribution in [0.2, 0.25) is 5.15 Å². The summed E-state index contributed by atoms with van der Waals surface area (Å²) in [5.74, 6) is 0.660. The molecule has 2 nitrogen and oxygen atoms in total. The van der Waals surface area contributed by atoms with Gasteiger partial charge in [-0.3, -0.25) is 4.68 Å². The minimum absolute atomic E-state index is 0.461. The van der Waals surface area contributed by atoms with Crippen molar-refractivity contribution < 1.29 is 0 Å². The summed E-state index contributed by atoms with van der Waals surface area (Å²) < 4.78 is 2.02. The molecule has 2 rings (SSSR count). The van der Waals surface area contributed by atoms with Gasteiger partial charge in [0.05, 0.1) is 11.7 Å². The topological polar surface area (TPSA) is 17.8 Å². The van der Waals surface area contributed by atoms with Crippen molar-refractivity contribution in [3.8, 4) is 0 Å². The van der Waals surface area contributed by atoms with Crippen molar-refractivity contribution in [3.05, 3.63) is 16.9 Å². The molecule has 0 aromatic carbocycles. The molecule has 1 heterocycles. The van der Waals surface area contributed by atoms with Gasteiger partial charge in [0.1, 0.15) is 5.15 Å². The standard InChI is InChI=1S/C13H21ClN2/c1-3-11(4-2)16-13(14)9-12(15-16)10-7-5-6-8-10/h9-11H,3-8H2,1-2H3. The number of hydrogen-bond donors (Lipinski definition) is 0. The summed E-state index contributed by atoms with van der Waals surface area (Å²) in [6.45, 7) is 4.39. The number of halogens is 1. The first-order valence-electron chi connectivity index (χ1n) is 6.51. The van der Waals surface area contributed by atoms with Gasteiger partial charge in [0, 0.05) is 5.92 Å². The summed E-state index contributed by atoms with van der Waals surface area (Å²) in [5.41, 5.74) is 1.22. The van der Waals surface area contributed by atoms with E-state index < -0.39 is 0 Å². The summed E-state index contributed by atoms with van der Waals surface area (Å²) in [6, 6.07) is 2.54.